The van der Waals surface area contributed by atoms with Crippen LogP contribution in [0, 0.1) is 5.41 Å². The van der Waals surface area contributed by atoms with E-state index in [2.05, 4.69) is 19.2 Å². The molecule has 0 aromatic rings. The molecule has 0 saturated carbocycles. The summed E-state index contributed by atoms with van der Waals surface area (Å²) < 4.78 is 36.1. The summed E-state index contributed by atoms with van der Waals surface area (Å²) in [5.41, 5.74) is 0.0368. The van der Waals surface area contributed by atoms with E-state index >= 15 is 0 Å². The summed E-state index contributed by atoms with van der Waals surface area (Å²) in [6.07, 6.45) is -3.84. The van der Waals surface area contributed by atoms with Gasteiger partial charge < -0.3 is 10.2 Å². The van der Waals surface area contributed by atoms with Gasteiger partial charge >= 0.3 is 6.18 Å². The third-order valence-corrected chi connectivity index (χ3v) is 2.89. The summed E-state index contributed by atoms with van der Waals surface area (Å²) in [4.78, 5) is 1.76. The highest BCUT2D eigenvalue weighted by Gasteiger charge is 2.29. The van der Waals surface area contributed by atoms with Crippen molar-refractivity contribution in [2.24, 2.45) is 5.41 Å². The Morgan fingerprint density at radius 1 is 1.25 bits per heavy atom. The molecule has 0 bridgehead atoms. The Kier molecular flexibility index (Phi) is 6.33. The van der Waals surface area contributed by atoms with Crippen LogP contribution in [0.15, 0.2) is 0 Å². The molecule has 0 aliphatic carbocycles. The summed E-state index contributed by atoms with van der Waals surface area (Å²) in [6, 6.07) is 0. The zero-order valence-corrected chi connectivity index (χ0v) is 10.6. The van der Waals surface area contributed by atoms with E-state index in [0.29, 0.717) is 6.54 Å². The predicted molar refractivity (Wildman–Crippen MR) is 60.5 cm³/mol. The lowest BCUT2D eigenvalue weighted by Crippen LogP contribution is -2.40. The first kappa shape index (κ1) is 15.7. The van der Waals surface area contributed by atoms with Crippen molar-refractivity contribution in [1.82, 2.24) is 10.2 Å². The third kappa shape index (κ3) is 7.06. The molecule has 16 heavy (non-hydrogen) atoms. The van der Waals surface area contributed by atoms with Crippen molar-refractivity contribution in [3.63, 3.8) is 0 Å². The van der Waals surface area contributed by atoms with Gasteiger partial charge in [-0.05, 0) is 25.9 Å². The molecule has 0 radical (unpaired) electrons. The zero-order valence-electron chi connectivity index (χ0n) is 10.6. The lowest BCUT2D eigenvalue weighted by molar-refractivity contribution is -0.138. The van der Waals surface area contributed by atoms with Crippen molar-refractivity contribution in [3.05, 3.63) is 0 Å². The second kappa shape index (κ2) is 6.45. The molecule has 1 atom stereocenters. The number of nitrogens with zero attached hydrogens (tertiary/aromatic N) is 1. The van der Waals surface area contributed by atoms with Crippen LogP contribution in [0.3, 0.4) is 0 Å². The molecule has 0 heterocycles. The Balaban J connectivity index is 4.05. The number of rotatable bonds is 7. The van der Waals surface area contributed by atoms with Gasteiger partial charge in [0, 0.05) is 19.6 Å². The van der Waals surface area contributed by atoms with Gasteiger partial charge in [0.05, 0.1) is 6.42 Å². The van der Waals surface area contributed by atoms with Gasteiger partial charge in [0.15, 0.2) is 0 Å². The van der Waals surface area contributed by atoms with E-state index in [4.69, 9.17) is 0 Å². The van der Waals surface area contributed by atoms with Gasteiger partial charge in [-0.2, -0.15) is 13.2 Å². The molecule has 1 N–H and O–H groups in total. The van der Waals surface area contributed by atoms with Gasteiger partial charge in [0.25, 0.3) is 0 Å². The molecule has 0 saturated heterocycles. The summed E-state index contributed by atoms with van der Waals surface area (Å²) in [5, 5.41) is 3.09. The smallest absolute Gasteiger partial charge is 0.319 e. The Bertz CT molecular complexity index is 194. The van der Waals surface area contributed by atoms with Crippen molar-refractivity contribution in [2.75, 3.05) is 33.7 Å². The highest BCUT2D eigenvalue weighted by atomic mass is 19.4. The van der Waals surface area contributed by atoms with E-state index in [0.717, 1.165) is 13.0 Å². The van der Waals surface area contributed by atoms with E-state index in [1.165, 1.54) is 0 Å². The fourth-order valence-electron chi connectivity index (χ4n) is 1.77. The summed E-state index contributed by atoms with van der Waals surface area (Å²) in [6.45, 7) is 5.73. The zero-order chi connectivity index (χ0) is 12.8. The van der Waals surface area contributed by atoms with E-state index in [-0.39, 0.29) is 12.0 Å². The molecule has 2 nitrogen and oxygen atoms in total. The molecule has 0 rings (SSSR count). The fourth-order valence-corrected chi connectivity index (χ4v) is 1.77. The van der Waals surface area contributed by atoms with Crippen LogP contribution in [0.2, 0.25) is 0 Å². The molecule has 5 heteroatoms. The van der Waals surface area contributed by atoms with Crippen LogP contribution in [-0.4, -0.2) is 44.8 Å². The van der Waals surface area contributed by atoms with Crippen LogP contribution in [0.25, 0.3) is 0 Å². The Morgan fingerprint density at radius 3 is 2.19 bits per heavy atom. The fraction of sp³-hybridized carbons (Fsp3) is 1.00. The first-order valence-electron chi connectivity index (χ1n) is 5.62. The van der Waals surface area contributed by atoms with E-state index in [1.54, 1.807) is 11.9 Å². The van der Waals surface area contributed by atoms with E-state index in [9.17, 15) is 13.2 Å². The maximum Gasteiger partial charge on any atom is 0.390 e. The number of nitrogens with one attached hydrogen (secondary N) is 1. The van der Waals surface area contributed by atoms with Crippen molar-refractivity contribution >= 4 is 0 Å². The number of hydrogen-bond donors (Lipinski definition) is 1. The molecule has 0 spiro atoms. The highest BCUT2D eigenvalue weighted by Crippen LogP contribution is 2.23. The average Bonchev–Trinajstić information content (AvgIpc) is 2.14. The minimum absolute atomic E-state index is 0.0368. The summed E-state index contributed by atoms with van der Waals surface area (Å²) in [5.74, 6) is 0. The second-order valence-corrected chi connectivity index (χ2v) is 4.80. The van der Waals surface area contributed by atoms with Crippen LogP contribution < -0.4 is 5.32 Å². The van der Waals surface area contributed by atoms with Crippen molar-refractivity contribution < 1.29 is 13.2 Å². The monoisotopic (exact) mass is 240 g/mol. The highest BCUT2D eigenvalue weighted by molar-refractivity contribution is 4.78. The lowest BCUT2D eigenvalue weighted by Gasteiger charge is -2.33. The maximum absolute atomic E-state index is 12.0. The van der Waals surface area contributed by atoms with Gasteiger partial charge in [0.1, 0.15) is 0 Å². The van der Waals surface area contributed by atoms with Crippen molar-refractivity contribution in [2.45, 2.75) is 32.9 Å². The van der Waals surface area contributed by atoms with Crippen LogP contribution >= 0.6 is 0 Å². The molecule has 1 unspecified atom stereocenters. The van der Waals surface area contributed by atoms with Gasteiger partial charge in [-0.3, -0.25) is 0 Å². The SMILES string of the molecule is CCC(C)(CNC)CN(C)CCC(F)(F)F. The molecule has 0 aromatic carbocycles. The summed E-state index contributed by atoms with van der Waals surface area (Å²) in [7, 11) is 3.61. The Morgan fingerprint density at radius 2 is 1.81 bits per heavy atom. The van der Waals surface area contributed by atoms with Crippen LogP contribution in [0.5, 0.6) is 0 Å². The topological polar surface area (TPSA) is 15.3 Å². The van der Waals surface area contributed by atoms with Crippen LogP contribution in [0.4, 0.5) is 13.2 Å². The Labute approximate surface area is 96.2 Å². The molecular formula is C11H23F3N2. The average molecular weight is 240 g/mol. The summed E-state index contributed by atoms with van der Waals surface area (Å²) >= 11 is 0. The number of hydrogen-bond acceptors (Lipinski definition) is 2. The predicted octanol–water partition coefficient (Wildman–Crippen LogP) is 2.51. The molecule has 0 aromatic heterocycles. The standard InChI is InChI=1S/C11H23F3N2/c1-5-10(2,8-15-3)9-16(4)7-6-11(12,13)14/h15H,5-9H2,1-4H3. The van der Waals surface area contributed by atoms with E-state index in [1.807, 2.05) is 7.05 Å². The molecule has 0 aliphatic heterocycles. The van der Waals surface area contributed by atoms with Gasteiger partial charge in [-0.25, -0.2) is 0 Å². The normalized spacial score (nSPS) is 16.5. The molecular weight excluding hydrogens is 217 g/mol. The van der Waals surface area contributed by atoms with Crippen LogP contribution in [-0.2, 0) is 0 Å². The minimum Gasteiger partial charge on any atom is -0.319 e. The second-order valence-electron chi connectivity index (χ2n) is 4.80. The molecule has 0 fully saturated rings. The molecule has 0 amide bonds. The van der Waals surface area contributed by atoms with E-state index < -0.39 is 12.6 Å². The number of halogens is 3. The first-order chi connectivity index (χ1) is 7.22. The quantitative estimate of drug-likeness (QED) is 0.735. The first-order valence-corrected chi connectivity index (χ1v) is 5.62. The molecule has 98 valence electrons. The van der Waals surface area contributed by atoms with Gasteiger partial charge in [-0.1, -0.05) is 13.8 Å². The number of alkyl halides is 3. The van der Waals surface area contributed by atoms with Gasteiger partial charge in [0.2, 0.25) is 0 Å². The van der Waals surface area contributed by atoms with Crippen molar-refractivity contribution in [1.29, 1.82) is 0 Å². The third-order valence-electron chi connectivity index (χ3n) is 2.89. The van der Waals surface area contributed by atoms with Crippen molar-refractivity contribution in [3.8, 4) is 0 Å². The maximum atomic E-state index is 12.0. The Hall–Kier alpha value is -0.290. The van der Waals surface area contributed by atoms with Crippen LogP contribution in [0.1, 0.15) is 26.7 Å². The minimum atomic E-state index is -4.06. The van der Waals surface area contributed by atoms with Gasteiger partial charge in [-0.15, -0.1) is 0 Å². The lowest BCUT2D eigenvalue weighted by atomic mass is 9.87. The largest absolute Gasteiger partial charge is 0.390 e. The molecule has 0 aliphatic rings.